The van der Waals surface area contributed by atoms with Crippen molar-refractivity contribution in [3.05, 3.63) is 11.9 Å². The molecule has 0 aliphatic carbocycles. The maximum atomic E-state index is 5.52. The van der Waals surface area contributed by atoms with Gasteiger partial charge in [0.05, 0.1) is 6.61 Å². The van der Waals surface area contributed by atoms with Crippen LogP contribution in [-0.2, 0) is 6.42 Å². The van der Waals surface area contributed by atoms with Crippen LogP contribution in [0.1, 0.15) is 59.2 Å². The lowest BCUT2D eigenvalue weighted by Gasteiger charge is -2.11. The van der Waals surface area contributed by atoms with Crippen LogP contribution < -0.4 is 10.1 Å². The fourth-order valence-electron chi connectivity index (χ4n) is 2.01. The van der Waals surface area contributed by atoms with Gasteiger partial charge in [-0.2, -0.15) is 4.98 Å². The van der Waals surface area contributed by atoms with Gasteiger partial charge in [0.25, 0.3) is 0 Å². The van der Waals surface area contributed by atoms with Gasteiger partial charge in [0.15, 0.2) is 0 Å². The molecule has 0 saturated carbocycles. The van der Waals surface area contributed by atoms with Crippen LogP contribution in [0.25, 0.3) is 0 Å². The van der Waals surface area contributed by atoms with Gasteiger partial charge in [-0.25, -0.2) is 4.98 Å². The van der Waals surface area contributed by atoms with Gasteiger partial charge in [-0.3, -0.25) is 0 Å². The van der Waals surface area contributed by atoms with Gasteiger partial charge in [-0.15, -0.1) is 0 Å². The van der Waals surface area contributed by atoms with Crippen LogP contribution in [0, 0.1) is 5.92 Å². The highest BCUT2D eigenvalue weighted by atomic mass is 16.5. The van der Waals surface area contributed by atoms with Gasteiger partial charge in [0.1, 0.15) is 11.6 Å². The summed E-state index contributed by atoms with van der Waals surface area (Å²) in [5.41, 5.74) is 0. The molecule has 0 amide bonds. The molecule has 0 aromatic carbocycles. The molecule has 0 bridgehead atoms. The van der Waals surface area contributed by atoms with Crippen molar-refractivity contribution in [2.24, 2.45) is 5.92 Å². The summed E-state index contributed by atoms with van der Waals surface area (Å²) < 4.78 is 5.52. The number of nitrogens with zero attached hydrogens (tertiary/aromatic N) is 2. The fraction of sp³-hybridized carbons (Fsp3) is 0.750. The highest BCUT2D eigenvalue weighted by Crippen LogP contribution is 2.16. The quantitative estimate of drug-likeness (QED) is 0.656. The highest BCUT2D eigenvalue weighted by Gasteiger charge is 2.07. The molecule has 0 saturated heterocycles. The van der Waals surface area contributed by atoms with E-state index in [4.69, 9.17) is 4.74 Å². The molecule has 20 heavy (non-hydrogen) atoms. The predicted molar refractivity (Wildman–Crippen MR) is 84.4 cm³/mol. The van der Waals surface area contributed by atoms with E-state index >= 15 is 0 Å². The van der Waals surface area contributed by atoms with Gasteiger partial charge in [-0.1, -0.05) is 40.0 Å². The topological polar surface area (TPSA) is 47.0 Å². The first kappa shape index (κ1) is 16.7. The standard InChI is InChI=1S/C16H29N3O/c1-5-7-8-9-10-17-14-12-16(20-6-2)19-15(18-14)11-13(3)4/h12-13H,5-11H2,1-4H3,(H,17,18,19). The molecule has 0 aliphatic heterocycles. The van der Waals surface area contributed by atoms with Crippen molar-refractivity contribution >= 4 is 5.82 Å². The maximum Gasteiger partial charge on any atom is 0.218 e. The lowest BCUT2D eigenvalue weighted by atomic mass is 10.1. The Balaban J connectivity index is 2.60. The SMILES string of the molecule is CCCCCCNc1cc(OCC)nc(CC(C)C)n1. The van der Waals surface area contributed by atoms with Crippen LogP contribution in [0.15, 0.2) is 6.07 Å². The summed E-state index contributed by atoms with van der Waals surface area (Å²) in [6, 6.07) is 1.90. The Morgan fingerprint density at radius 1 is 1.15 bits per heavy atom. The van der Waals surface area contributed by atoms with E-state index in [0.717, 1.165) is 24.6 Å². The van der Waals surface area contributed by atoms with E-state index in [-0.39, 0.29) is 0 Å². The summed E-state index contributed by atoms with van der Waals surface area (Å²) in [6.45, 7) is 10.1. The van der Waals surface area contributed by atoms with Crippen LogP contribution >= 0.6 is 0 Å². The zero-order chi connectivity index (χ0) is 14.8. The van der Waals surface area contributed by atoms with E-state index in [2.05, 4.69) is 36.1 Å². The van der Waals surface area contributed by atoms with Crippen LogP contribution in [0.4, 0.5) is 5.82 Å². The summed E-state index contributed by atoms with van der Waals surface area (Å²) in [4.78, 5) is 9.02. The van der Waals surface area contributed by atoms with Crippen LogP contribution in [0.3, 0.4) is 0 Å². The first-order valence-electron chi connectivity index (χ1n) is 7.90. The second-order valence-corrected chi connectivity index (χ2v) is 5.53. The fourth-order valence-corrected chi connectivity index (χ4v) is 2.01. The number of anilines is 1. The average molecular weight is 279 g/mol. The molecule has 0 unspecified atom stereocenters. The van der Waals surface area contributed by atoms with Crippen molar-refractivity contribution in [2.45, 2.75) is 59.8 Å². The molecule has 114 valence electrons. The molecule has 0 fully saturated rings. The Kier molecular flexibility index (Phi) is 8.00. The third-order valence-electron chi connectivity index (χ3n) is 2.97. The molecule has 0 atom stereocenters. The second kappa shape index (κ2) is 9.56. The Labute approximate surface area is 123 Å². The van der Waals surface area contributed by atoms with Crippen LogP contribution in [0.2, 0.25) is 0 Å². The molecule has 0 spiro atoms. The minimum Gasteiger partial charge on any atom is -0.478 e. The molecule has 1 rings (SSSR count). The minimum absolute atomic E-state index is 0.546. The van der Waals surface area contributed by atoms with Crippen molar-refractivity contribution in [1.29, 1.82) is 0 Å². The number of ether oxygens (including phenoxy) is 1. The molecular formula is C16H29N3O. The molecule has 1 heterocycles. The monoisotopic (exact) mass is 279 g/mol. The zero-order valence-electron chi connectivity index (χ0n) is 13.4. The Bertz CT molecular complexity index is 380. The molecule has 4 heteroatoms. The highest BCUT2D eigenvalue weighted by molar-refractivity contribution is 5.38. The van der Waals surface area contributed by atoms with E-state index in [1.165, 1.54) is 25.7 Å². The number of nitrogens with one attached hydrogen (secondary N) is 1. The van der Waals surface area contributed by atoms with Crippen molar-refractivity contribution in [2.75, 3.05) is 18.5 Å². The first-order valence-corrected chi connectivity index (χ1v) is 7.90. The number of aromatic nitrogens is 2. The lowest BCUT2D eigenvalue weighted by Crippen LogP contribution is -2.09. The summed E-state index contributed by atoms with van der Waals surface area (Å²) in [5, 5.41) is 3.38. The van der Waals surface area contributed by atoms with Crippen molar-refractivity contribution in [3.8, 4) is 5.88 Å². The third kappa shape index (κ3) is 6.73. The Hall–Kier alpha value is -1.32. The van der Waals surface area contributed by atoms with Crippen LogP contribution in [-0.4, -0.2) is 23.1 Å². The van der Waals surface area contributed by atoms with Crippen molar-refractivity contribution in [3.63, 3.8) is 0 Å². The Morgan fingerprint density at radius 2 is 1.95 bits per heavy atom. The molecule has 1 aromatic rings. The number of unbranched alkanes of at least 4 members (excludes halogenated alkanes) is 3. The van der Waals surface area contributed by atoms with Gasteiger partial charge in [0.2, 0.25) is 5.88 Å². The van der Waals surface area contributed by atoms with Gasteiger partial charge < -0.3 is 10.1 Å². The molecule has 4 nitrogen and oxygen atoms in total. The molecule has 1 aromatic heterocycles. The molecule has 1 N–H and O–H groups in total. The minimum atomic E-state index is 0.546. The van der Waals surface area contributed by atoms with E-state index in [1.807, 2.05) is 13.0 Å². The average Bonchev–Trinajstić information content (AvgIpc) is 2.38. The molecule has 0 aliphatic rings. The van der Waals surface area contributed by atoms with E-state index in [9.17, 15) is 0 Å². The lowest BCUT2D eigenvalue weighted by molar-refractivity contribution is 0.324. The summed E-state index contributed by atoms with van der Waals surface area (Å²) in [5.74, 6) is 2.97. The van der Waals surface area contributed by atoms with Gasteiger partial charge in [0, 0.05) is 19.0 Å². The van der Waals surface area contributed by atoms with E-state index < -0.39 is 0 Å². The third-order valence-corrected chi connectivity index (χ3v) is 2.97. The van der Waals surface area contributed by atoms with Crippen molar-refractivity contribution < 1.29 is 4.74 Å². The normalized spacial score (nSPS) is 10.8. The summed E-state index contributed by atoms with van der Waals surface area (Å²) >= 11 is 0. The van der Waals surface area contributed by atoms with Gasteiger partial charge >= 0.3 is 0 Å². The number of hydrogen-bond donors (Lipinski definition) is 1. The Morgan fingerprint density at radius 3 is 2.60 bits per heavy atom. The first-order chi connectivity index (χ1) is 9.65. The number of hydrogen-bond acceptors (Lipinski definition) is 4. The van der Waals surface area contributed by atoms with E-state index in [0.29, 0.717) is 18.4 Å². The largest absolute Gasteiger partial charge is 0.478 e. The molecular weight excluding hydrogens is 250 g/mol. The van der Waals surface area contributed by atoms with Crippen molar-refractivity contribution in [1.82, 2.24) is 9.97 Å². The smallest absolute Gasteiger partial charge is 0.218 e. The van der Waals surface area contributed by atoms with Gasteiger partial charge in [-0.05, 0) is 19.3 Å². The zero-order valence-corrected chi connectivity index (χ0v) is 13.4. The van der Waals surface area contributed by atoms with Crippen LogP contribution in [0.5, 0.6) is 5.88 Å². The maximum absolute atomic E-state index is 5.52. The summed E-state index contributed by atoms with van der Waals surface area (Å²) in [7, 11) is 0. The predicted octanol–water partition coefficient (Wildman–Crippen LogP) is 4.07. The summed E-state index contributed by atoms with van der Waals surface area (Å²) in [6.07, 6.45) is 5.90. The molecule has 0 radical (unpaired) electrons. The second-order valence-electron chi connectivity index (χ2n) is 5.53. The van der Waals surface area contributed by atoms with E-state index in [1.54, 1.807) is 0 Å². The number of rotatable bonds is 10.